The third-order valence-corrected chi connectivity index (χ3v) is 2.98. The highest BCUT2D eigenvalue weighted by Crippen LogP contribution is 2.22. The van der Waals surface area contributed by atoms with Crippen LogP contribution >= 0.6 is 0 Å². The van der Waals surface area contributed by atoms with Crippen LogP contribution in [0.4, 0.5) is 0 Å². The van der Waals surface area contributed by atoms with Gasteiger partial charge in [0.05, 0.1) is 7.11 Å². The summed E-state index contributed by atoms with van der Waals surface area (Å²) in [6.07, 6.45) is 1.09. The van der Waals surface area contributed by atoms with Gasteiger partial charge in [0.15, 0.2) is 0 Å². The van der Waals surface area contributed by atoms with Gasteiger partial charge in [0.2, 0.25) is 0 Å². The zero-order valence-electron chi connectivity index (χ0n) is 11.8. The Bertz CT molecular complexity index is 358. The number of rotatable bonds is 6. The van der Waals surface area contributed by atoms with Crippen LogP contribution in [0.15, 0.2) is 12.1 Å². The number of methoxy groups -OCH3 is 1. The molecule has 0 aromatic heterocycles. The second-order valence-corrected chi connectivity index (χ2v) is 5.10. The fourth-order valence-corrected chi connectivity index (χ4v) is 1.95. The Labute approximate surface area is 105 Å². The Morgan fingerprint density at radius 1 is 1.18 bits per heavy atom. The molecular weight excluding hydrogens is 210 g/mol. The topological polar surface area (TPSA) is 21.3 Å². The monoisotopic (exact) mass is 235 g/mol. The highest BCUT2D eigenvalue weighted by Gasteiger charge is 2.04. The van der Waals surface area contributed by atoms with Gasteiger partial charge < -0.3 is 10.1 Å². The summed E-state index contributed by atoms with van der Waals surface area (Å²) in [6.45, 7) is 10.9. The zero-order valence-corrected chi connectivity index (χ0v) is 11.8. The first-order valence-corrected chi connectivity index (χ1v) is 6.39. The van der Waals surface area contributed by atoms with Crippen LogP contribution < -0.4 is 10.1 Å². The molecule has 0 bridgehead atoms. The molecule has 0 heterocycles. The van der Waals surface area contributed by atoms with Crippen LogP contribution in [-0.2, 0) is 6.42 Å². The average molecular weight is 235 g/mol. The number of aryl methyl sites for hydroxylation is 2. The lowest BCUT2D eigenvalue weighted by molar-refractivity contribution is 0.411. The predicted molar refractivity (Wildman–Crippen MR) is 73.9 cm³/mol. The quantitative estimate of drug-likeness (QED) is 0.765. The average Bonchev–Trinajstić information content (AvgIpc) is 2.28. The van der Waals surface area contributed by atoms with E-state index in [1.807, 2.05) is 0 Å². The lowest BCUT2D eigenvalue weighted by Crippen LogP contribution is -2.22. The molecule has 1 aromatic carbocycles. The summed E-state index contributed by atoms with van der Waals surface area (Å²) >= 11 is 0. The van der Waals surface area contributed by atoms with Crippen molar-refractivity contribution < 1.29 is 4.74 Å². The molecule has 1 N–H and O–H groups in total. The molecule has 0 radical (unpaired) electrons. The van der Waals surface area contributed by atoms with Gasteiger partial charge in [-0.25, -0.2) is 0 Å². The van der Waals surface area contributed by atoms with E-state index in [2.05, 4.69) is 45.1 Å². The summed E-state index contributed by atoms with van der Waals surface area (Å²) < 4.78 is 5.32. The molecule has 0 aliphatic carbocycles. The van der Waals surface area contributed by atoms with Gasteiger partial charge in [-0.3, -0.25) is 0 Å². The van der Waals surface area contributed by atoms with Crippen LogP contribution in [0.1, 0.15) is 30.5 Å². The third-order valence-electron chi connectivity index (χ3n) is 2.98. The highest BCUT2D eigenvalue weighted by atomic mass is 16.5. The summed E-state index contributed by atoms with van der Waals surface area (Å²) in [5, 5.41) is 3.48. The second kappa shape index (κ2) is 6.65. The minimum absolute atomic E-state index is 0.716. The second-order valence-electron chi connectivity index (χ2n) is 5.10. The fourth-order valence-electron chi connectivity index (χ4n) is 1.95. The molecular formula is C15H25NO. The summed E-state index contributed by atoms with van der Waals surface area (Å²) in [5.74, 6) is 1.70. The molecule has 0 amide bonds. The van der Waals surface area contributed by atoms with Crippen molar-refractivity contribution in [2.24, 2.45) is 5.92 Å². The van der Waals surface area contributed by atoms with Gasteiger partial charge in [0.1, 0.15) is 5.75 Å². The van der Waals surface area contributed by atoms with Crippen molar-refractivity contribution >= 4 is 0 Å². The summed E-state index contributed by atoms with van der Waals surface area (Å²) in [5.41, 5.74) is 3.95. The number of hydrogen-bond donors (Lipinski definition) is 1. The van der Waals surface area contributed by atoms with Crippen LogP contribution in [-0.4, -0.2) is 20.2 Å². The maximum Gasteiger partial charge on any atom is 0.122 e. The van der Waals surface area contributed by atoms with Crippen molar-refractivity contribution in [1.29, 1.82) is 0 Å². The van der Waals surface area contributed by atoms with Gasteiger partial charge >= 0.3 is 0 Å². The van der Waals surface area contributed by atoms with Crippen molar-refractivity contribution in [3.63, 3.8) is 0 Å². The van der Waals surface area contributed by atoms with E-state index < -0.39 is 0 Å². The largest absolute Gasteiger partial charge is 0.496 e. The first-order chi connectivity index (χ1) is 8.04. The fraction of sp³-hybridized carbons (Fsp3) is 0.600. The van der Waals surface area contributed by atoms with E-state index in [1.165, 1.54) is 16.7 Å². The molecule has 17 heavy (non-hydrogen) atoms. The SMILES string of the molecule is COc1cc(C)c(CCNCC(C)C)cc1C. The Balaban J connectivity index is 2.56. The summed E-state index contributed by atoms with van der Waals surface area (Å²) in [4.78, 5) is 0. The van der Waals surface area contributed by atoms with E-state index in [0.29, 0.717) is 5.92 Å². The number of ether oxygens (including phenoxy) is 1. The van der Waals surface area contributed by atoms with Crippen LogP contribution in [0, 0.1) is 19.8 Å². The van der Waals surface area contributed by atoms with Gasteiger partial charge in [-0.1, -0.05) is 19.9 Å². The van der Waals surface area contributed by atoms with Gasteiger partial charge in [-0.2, -0.15) is 0 Å². The van der Waals surface area contributed by atoms with Crippen molar-refractivity contribution in [2.45, 2.75) is 34.1 Å². The van der Waals surface area contributed by atoms with Crippen molar-refractivity contribution in [1.82, 2.24) is 5.32 Å². The summed E-state index contributed by atoms with van der Waals surface area (Å²) in [7, 11) is 1.73. The Morgan fingerprint density at radius 2 is 1.88 bits per heavy atom. The van der Waals surface area contributed by atoms with E-state index in [1.54, 1.807) is 7.11 Å². The molecule has 0 saturated carbocycles. The lowest BCUT2D eigenvalue weighted by atomic mass is 10.0. The van der Waals surface area contributed by atoms with Crippen molar-refractivity contribution in [3.05, 3.63) is 28.8 Å². The first-order valence-electron chi connectivity index (χ1n) is 6.39. The van der Waals surface area contributed by atoms with Crippen LogP contribution in [0.25, 0.3) is 0 Å². The molecule has 0 atom stereocenters. The molecule has 0 unspecified atom stereocenters. The highest BCUT2D eigenvalue weighted by molar-refractivity contribution is 5.41. The van der Waals surface area contributed by atoms with E-state index in [4.69, 9.17) is 4.74 Å². The minimum atomic E-state index is 0.716. The van der Waals surface area contributed by atoms with Gasteiger partial charge in [-0.05, 0) is 62.0 Å². The number of nitrogens with one attached hydrogen (secondary N) is 1. The maximum atomic E-state index is 5.32. The molecule has 0 aliphatic heterocycles. The standard InChI is InChI=1S/C15H25NO/c1-11(2)10-16-7-6-14-8-13(4)15(17-5)9-12(14)3/h8-9,11,16H,6-7,10H2,1-5H3. The molecule has 2 heteroatoms. The molecule has 0 spiro atoms. The van der Waals surface area contributed by atoms with Crippen LogP contribution in [0.3, 0.4) is 0 Å². The van der Waals surface area contributed by atoms with E-state index >= 15 is 0 Å². The molecule has 2 nitrogen and oxygen atoms in total. The number of benzene rings is 1. The normalized spacial score (nSPS) is 10.9. The molecule has 1 rings (SSSR count). The van der Waals surface area contributed by atoms with Gasteiger partial charge in [0, 0.05) is 0 Å². The van der Waals surface area contributed by atoms with E-state index in [0.717, 1.165) is 25.3 Å². The Kier molecular flexibility index (Phi) is 5.49. The van der Waals surface area contributed by atoms with E-state index in [-0.39, 0.29) is 0 Å². The third kappa shape index (κ3) is 4.39. The lowest BCUT2D eigenvalue weighted by Gasteiger charge is -2.12. The van der Waals surface area contributed by atoms with Crippen molar-refractivity contribution in [3.8, 4) is 5.75 Å². The molecule has 0 fully saturated rings. The number of hydrogen-bond acceptors (Lipinski definition) is 2. The molecule has 1 aromatic rings. The van der Waals surface area contributed by atoms with Crippen molar-refractivity contribution in [2.75, 3.05) is 20.2 Å². The Morgan fingerprint density at radius 3 is 2.47 bits per heavy atom. The first kappa shape index (κ1) is 14.0. The maximum absolute atomic E-state index is 5.32. The Hall–Kier alpha value is -1.02. The molecule has 0 aliphatic rings. The van der Waals surface area contributed by atoms with Crippen LogP contribution in [0.2, 0.25) is 0 Å². The zero-order chi connectivity index (χ0) is 12.8. The summed E-state index contributed by atoms with van der Waals surface area (Å²) in [6, 6.07) is 4.37. The predicted octanol–water partition coefficient (Wildman–Crippen LogP) is 3.10. The minimum Gasteiger partial charge on any atom is -0.496 e. The molecule has 96 valence electrons. The van der Waals surface area contributed by atoms with Gasteiger partial charge in [-0.15, -0.1) is 0 Å². The molecule has 0 saturated heterocycles. The van der Waals surface area contributed by atoms with Gasteiger partial charge in [0.25, 0.3) is 0 Å². The van der Waals surface area contributed by atoms with E-state index in [9.17, 15) is 0 Å². The smallest absolute Gasteiger partial charge is 0.122 e. The van der Waals surface area contributed by atoms with Crippen LogP contribution in [0.5, 0.6) is 5.75 Å².